The largest absolute Gasteiger partial charge is 0.295 e. The molecule has 3 rings (SSSR count). The SMILES string of the molecule is Cn1c(=Nc2ccc([N+](=O)[O-])cc2)sn(-c2ccccc2)c1=S. The second-order valence-corrected chi connectivity index (χ2v) is 6.01. The van der Waals surface area contributed by atoms with Crippen LogP contribution in [0.5, 0.6) is 0 Å². The summed E-state index contributed by atoms with van der Waals surface area (Å²) in [6.07, 6.45) is 0. The number of nitro benzene ring substituents is 1. The standard InChI is InChI=1S/C15H12N4O2S2/c1-17-14(16-11-7-9-13(10-8-11)19(20)21)23-18(15(17)22)12-5-3-2-4-6-12/h2-10H,1H3. The Labute approximate surface area is 140 Å². The Bertz CT molecular complexity index is 969. The maximum atomic E-state index is 10.7. The molecule has 1 aromatic heterocycles. The molecule has 1 heterocycles. The molecule has 0 bridgehead atoms. The van der Waals surface area contributed by atoms with Gasteiger partial charge in [0.1, 0.15) is 0 Å². The van der Waals surface area contributed by atoms with E-state index in [1.165, 1.54) is 23.7 Å². The van der Waals surface area contributed by atoms with Crippen molar-refractivity contribution >= 4 is 35.1 Å². The molecule has 23 heavy (non-hydrogen) atoms. The number of hydrogen-bond donors (Lipinski definition) is 0. The predicted octanol–water partition coefficient (Wildman–Crippen LogP) is 3.75. The minimum absolute atomic E-state index is 0.0443. The Kier molecular flexibility index (Phi) is 4.18. The normalized spacial score (nSPS) is 11.6. The van der Waals surface area contributed by atoms with E-state index in [9.17, 15) is 10.1 Å². The van der Waals surface area contributed by atoms with Crippen LogP contribution in [0.3, 0.4) is 0 Å². The van der Waals surface area contributed by atoms with E-state index in [2.05, 4.69) is 4.99 Å². The first-order chi connectivity index (χ1) is 11.1. The molecule has 0 radical (unpaired) electrons. The summed E-state index contributed by atoms with van der Waals surface area (Å²) in [5.74, 6) is 0. The average Bonchev–Trinajstić information content (AvgIpc) is 2.85. The van der Waals surface area contributed by atoms with Crippen molar-refractivity contribution in [1.29, 1.82) is 0 Å². The number of nitro groups is 1. The molecule has 2 aromatic carbocycles. The lowest BCUT2D eigenvalue weighted by Crippen LogP contribution is -2.09. The first-order valence-corrected chi connectivity index (χ1v) is 7.88. The van der Waals surface area contributed by atoms with Gasteiger partial charge in [-0.3, -0.25) is 14.7 Å². The lowest BCUT2D eigenvalue weighted by atomic mass is 10.3. The molecule has 116 valence electrons. The van der Waals surface area contributed by atoms with Gasteiger partial charge in [0.05, 0.1) is 16.3 Å². The van der Waals surface area contributed by atoms with Crippen molar-refractivity contribution in [1.82, 2.24) is 8.52 Å². The summed E-state index contributed by atoms with van der Waals surface area (Å²) in [6, 6.07) is 15.9. The molecule has 0 aliphatic heterocycles. The fourth-order valence-corrected chi connectivity index (χ4v) is 3.29. The van der Waals surface area contributed by atoms with Gasteiger partial charge in [-0.1, -0.05) is 18.2 Å². The Morgan fingerprint density at radius 2 is 1.78 bits per heavy atom. The minimum Gasteiger partial charge on any atom is -0.295 e. The van der Waals surface area contributed by atoms with Crippen LogP contribution in [-0.2, 0) is 7.05 Å². The molecule has 3 aromatic rings. The average molecular weight is 344 g/mol. The van der Waals surface area contributed by atoms with Crippen molar-refractivity contribution in [3.63, 3.8) is 0 Å². The molecule has 0 aliphatic rings. The highest BCUT2D eigenvalue weighted by Gasteiger charge is 2.06. The molecular weight excluding hydrogens is 332 g/mol. The Morgan fingerprint density at radius 1 is 1.13 bits per heavy atom. The summed E-state index contributed by atoms with van der Waals surface area (Å²) in [5.41, 5.74) is 1.66. The zero-order valence-corrected chi connectivity index (χ0v) is 13.8. The maximum Gasteiger partial charge on any atom is 0.269 e. The number of nitrogens with zero attached hydrogens (tertiary/aromatic N) is 4. The highest BCUT2D eigenvalue weighted by atomic mass is 32.1. The highest BCUT2D eigenvalue weighted by molar-refractivity contribution is 7.71. The van der Waals surface area contributed by atoms with Crippen LogP contribution >= 0.6 is 23.8 Å². The van der Waals surface area contributed by atoms with Gasteiger partial charge in [-0.15, -0.1) is 0 Å². The third-order valence-corrected chi connectivity index (χ3v) is 4.86. The molecule has 0 fully saturated rings. The van der Waals surface area contributed by atoms with Crippen LogP contribution in [0.15, 0.2) is 59.6 Å². The summed E-state index contributed by atoms with van der Waals surface area (Å²) in [6.45, 7) is 0. The van der Waals surface area contributed by atoms with Crippen molar-refractivity contribution in [2.75, 3.05) is 0 Å². The molecule has 0 atom stereocenters. The third-order valence-electron chi connectivity index (χ3n) is 3.20. The number of benzene rings is 2. The van der Waals surface area contributed by atoms with Crippen molar-refractivity contribution in [3.8, 4) is 5.69 Å². The first kappa shape index (κ1) is 15.3. The predicted molar refractivity (Wildman–Crippen MR) is 91.8 cm³/mol. The quantitative estimate of drug-likeness (QED) is 0.413. The van der Waals surface area contributed by atoms with Crippen molar-refractivity contribution < 1.29 is 4.92 Å². The van der Waals surface area contributed by atoms with E-state index >= 15 is 0 Å². The van der Waals surface area contributed by atoms with Gasteiger partial charge >= 0.3 is 0 Å². The number of hydrogen-bond acceptors (Lipinski definition) is 5. The Hall–Kier alpha value is -2.58. The van der Waals surface area contributed by atoms with Crippen LogP contribution in [0.1, 0.15) is 0 Å². The van der Waals surface area contributed by atoms with Crippen molar-refractivity contribution in [2.24, 2.45) is 12.0 Å². The Morgan fingerprint density at radius 3 is 2.39 bits per heavy atom. The molecule has 0 N–H and O–H groups in total. The Balaban J connectivity index is 2.07. The van der Waals surface area contributed by atoms with E-state index in [0.717, 1.165) is 5.69 Å². The molecule has 0 spiro atoms. The van der Waals surface area contributed by atoms with Gasteiger partial charge in [-0.25, -0.2) is 8.95 Å². The first-order valence-electron chi connectivity index (χ1n) is 6.70. The van der Waals surface area contributed by atoms with Gasteiger partial charge in [0.15, 0.2) is 4.77 Å². The summed E-state index contributed by atoms with van der Waals surface area (Å²) in [5, 5.41) is 10.7. The van der Waals surface area contributed by atoms with Gasteiger partial charge in [0, 0.05) is 19.2 Å². The molecule has 0 saturated carbocycles. The summed E-state index contributed by atoms with van der Waals surface area (Å²) < 4.78 is 4.37. The lowest BCUT2D eigenvalue weighted by Gasteiger charge is -1.98. The highest BCUT2D eigenvalue weighted by Crippen LogP contribution is 2.18. The van der Waals surface area contributed by atoms with Gasteiger partial charge in [0.2, 0.25) is 4.80 Å². The van der Waals surface area contributed by atoms with Gasteiger partial charge in [-0.2, -0.15) is 0 Å². The van der Waals surface area contributed by atoms with E-state index in [1.54, 1.807) is 12.1 Å². The van der Waals surface area contributed by atoms with Crippen LogP contribution in [-0.4, -0.2) is 13.4 Å². The fraction of sp³-hybridized carbons (Fsp3) is 0.0667. The lowest BCUT2D eigenvalue weighted by molar-refractivity contribution is -0.384. The zero-order chi connectivity index (χ0) is 16.4. The van der Waals surface area contributed by atoms with Gasteiger partial charge in [0.25, 0.3) is 5.69 Å². The van der Waals surface area contributed by atoms with E-state index in [0.29, 0.717) is 15.3 Å². The number of para-hydroxylation sites is 1. The molecular formula is C15H12N4O2S2. The van der Waals surface area contributed by atoms with Crippen molar-refractivity contribution in [3.05, 3.63) is 74.3 Å². The van der Waals surface area contributed by atoms with Gasteiger partial charge < -0.3 is 0 Å². The molecule has 0 saturated heterocycles. The number of rotatable bonds is 3. The minimum atomic E-state index is -0.431. The van der Waals surface area contributed by atoms with E-state index in [-0.39, 0.29) is 5.69 Å². The monoisotopic (exact) mass is 344 g/mol. The molecule has 0 unspecified atom stereocenters. The third kappa shape index (κ3) is 3.13. The summed E-state index contributed by atoms with van der Waals surface area (Å²) >= 11 is 6.87. The van der Waals surface area contributed by atoms with Crippen LogP contribution in [0.25, 0.3) is 5.69 Å². The number of non-ortho nitro benzene ring substituents is 1. The molecule has 0 aliphatic carbocycles. The fourth-order valence-electron chi connectivity index (χ4n) is 1.98. The second kappa shape index (κ2) is 6.27. The molecule has 6 nitrogen and oxygen atoms in total. The van der Waals surface area contributed by atoms with Crippen LogP contribution in [0.2, 0.25) is 0 Å². The smallest absolute Gasteiger partial charge is 0.269 e. The van der Waals surface area contributed by atoms with E-state index < -0.39 is 4.92 Å². The second-order valence-electron chi connectivity index (χ2n) is 4.73. The molecule has 0 amide bonds. The summed E-state index contributed by atoms with van der Waals surface area (Å²) in [4.78, 5) is 15.5. The van der Waals surface area contributed by atoms with Crippen LogP contribution in [0.4, 0.5) is 11.4 Å². The van der Waals surface area contributed by atoms with Gasteiger partial charge in [-0.05, 0) is 48.0 Å². The zero-order valence-electron chi connectivity index (χ0n) is 12.1. The van der Waals surface area contributed by atoms with Crippen LogP contribution < -0.4 is 4.80 Å². The summed E-state index contributed by atoms with van der Waals surface area (Å²) in [7, 11) is 1.85. The van der Waals surface area contributed by atoms with E-state index in [1.807, 2.05) is 45.9 Å². The van der Waals surface area contributed by atoms with Crippen LogP contribution in [0, 0.1) is 14.9 Å². The molecule has 8 heteroatoms. The van der Waals surface area contributed by atoms with E-state index in [4.69, 9.17) is 12.2 Å². The maximum absolute atomic E-state index is 10.7. The van der Waals surface area contributed by atoms with Crippen molar-refractivity contribution in [2.45, 2.75) is 0 Å². The number of aromatic nitrogens is 2. The topological polar surface area (TPSA) is 65.4 Å².